The average molecular weight is 466 g/mol. The summed E-state index contributed by atoms with van der Waals surface area (Å²) in [6.45, 7) is 2.24. The van der Waals surface area contributed by atoms with E-state index in [1.54, 1.807) is 38.1 Å². The van der Waals surface area contributed by atoms with E-state index in [9.17, 15) is 4.79 Å². The lowest BCUT2D eigenvalue weighted by Gasteiger charge is -2.14. The Kier molecular flexibility index (Phi) is 6.13. The fourth-order valence-corrected chi connectivity index (χ4v) is 3.84. The molecule has 7 nitrogen and oxygen atoms in total. The molecule has 174 valence electrons. The summed E-state index contributed by atoms with van der Waals surface area (Å²) >= 11 is 0. The number of carbonyl (C=O) groups is 1. The highest BCUT2D eigenvalue weighted by Crippen LogP contribution is 2.33. The smallest absolute Gasteiger partial charge is 0.251 e. The van der Waals surface area contributed by atoms with Crippen molar-refractivity contribution in [3.63, 3.8) is 0 Å². The van der Waals surface area contributed by atoms with Gasteiger partial charge in [-0.3, -0.25) is 14.8 Å². The fraction of sp³-hybridized carbons (Fsp3) is 0.107. The minimum Gasteiger partial charge on any atom is -0.497 e. The Morgan fingerprint density at radius 2 is 1.89 bits per heavy atom. The molecule has 0 aliphatic carbocycles. The Labute approximate surface area is 202 Å². The molecule has 3 heterocycles. The zero-order chi connectivity index (χ0) is 24.2. The fourth-order valence-electron chi connectivity index (χ4n) is 3.84. The summed E-state index contributed by atoms with van der Waals surface area (Å²) < 4.78 is 16.7. The van der Waals surface area contributed by atoms with Gasteiger partial charge in [0.1, 0.15) is 17.2 Å². The van der Waals surface area contributed by atoms with Crippen molar-refractivity contribution in [3.05, 3.63) is 102 Å². The second kappa shape index (κ2) is 9.69. The zero-order valence-electron chi connectivity index (χ0n) is 19.3. The molecule has 0 fully saturated rings. The number of rotatable bonds is 7. The first-order chi connectivity index (χ1) is 17.1. The monoisotopic (exact) mass is 465 g/mol. The van der Waals surface area contributed by atoms with E-state index in [1.165, 1.54) is 0 Å². The number of methoxy groups -OCH3 is 1. The van der Waals surface area contributed by atoms with E-state index in [4.69, 9.17) is 13.9 Å². The first-order valence-corrected chi connectivity index (χ1v) is 11.1. The largest absolute Gasteiger partial charge is 0.497 e. The van der Waals surface area contributed by atoms with Crippen LogP contribution in [-0.4, -0.2) is 23.0 Å². The molecule has 0 bridgehead atoms. The number of furan rings is 1. The molecular weight excluding hydrogens is 442 g/mol. The van der Waals surface area contributed by atoms with Gasteiger partial charge in [-0.2, -0.15) is 0 Å². The highest BCUT2D eigenvalue weighted by molar-refractivity contribution is 5.96. The van der Waals surface area contributed by atoms with E-state index in [2.05, 4.69) is 15.3 Å². The Balaban J connectivity index is 1.34. The number of pyridine rings is 2. The van der Waals surface area contributed by atoms with Gasteiger partial charge in [0.2, 0.25) is 0 Å². The molecule has 0 atom stereocenters. The van der Waals surface area contributed by atoms with Crippen molar-refractivity contribution in [1.29, 1.82) is 0 Å². The number of aromatic nitrogens is 2. The van der Waals surface area contributed by atoms with E-state index in [-0.39, 0.29) is 5.91 Å². The molecule has 0 saturated carbocycles. The molecule has 0 radical (unpaired) electrons. The van der Waals surface area contributed by atoms with Crippen molar-refractivity contribution in [2.75, 3.05) is 7.11 Å². The molecule has 1 amide bonds. The first-order valence-electron chi connectivity index (χ1n) is 11.1. The van der Waals surface area contributed by atoms with Crippen molar-refractivity contribution in [2.24, 2.45) is 0 Å². The van der Waals surface area contributed by atoms with Gasteiger partial charge in [-0.05, 0) is 61.0 Å². The third-order valence-corrected chi connectivity index (χ3v) is 5.75. The molecule has 35 heavy (non-hydrogen) atoms. The van der Waals surface area contributed by atoms with Crippen LogP contribution in [0.1, 0.15) is 21.5 Å². The number of benzene rings is 2. The van der Waals surface area contributed by atoms with Gasteiger partial charge in [-0.25, -0.2) is 0 Å². The highest BCUT2D eigenvalue weighted by atomic mass is 16.5. The van der Waals surface area contributed by atoms with Crippen molar-refractivity contribution < 1.29 is 18.7 Å². The minimum atomic E-state index is -0.182. The maximum atomic E-state index is 13.0. The highest BCUT2D eigenvalue weighted by Gasteiger charge is 2.14. The Morgan fingerprint density at radius 1 is 1.00 bits per heavy atom. The van der Waals surface area contributed by atoms with Gasteiger partial charge in [0.15, 0.2) is 0 Å². The van der Waals surface area contributed by atoms with Gasteiger partial charge in [-0.15, -0.1) is 0 Å². The standard InChI is InChI=1S/C28H23N3O4/c1-18-22(28(32)31-16-19-8-11-29-24(14-19)20-10-13-34-17-20)4-3-5-26(18)35-27-9-12-30-25-15-21(33-2)6-7-23(25)27/h3-15,17H,16H2,1-2H3,(H,31,32). The molecular formula is C28H23N3O4. The van der Waals surface area contributed by atoms with Crippen LogP contribution < -0.4 is 14.8 Å². The predicted octanol–water partition coefficient (Wildman–Crippen LogP) is 5.93. The number of hydrogen-bond donors (Lipinski definition) is 1. The molecule has 0 aliphatic heterocycles. The summed E-state index contributed by atoms with van der Waals surface area (Å²) in [4.78, 5) is 21.8. The third-order valence-electron chi connectivity index (χ3n) is 5.75. The number of ether oxygens (including phenoxy) is 2. The molecule has 5 aromatic rings. The lowest BCUT2D eigenvalue weighted by atomic mass is 10.1. The van der Waals surface area contributed by atoms with Gasteiger partial charge in [0.25, 0.3) is 5.91 Å². The van der Waals surface area contributed by atoms with Gasteiger partial charge >= 0.3 is 0 Å². The number of nitrogens with one attached hydrogen (secondary N) is 1. The van der Waals surface area contributed by atoms with E-state index in [0.717, 1.165) is 39.0 Å². The van der Waals surface area contributed by atoms with Crippen LogP contribution >= 0.6 is 0 Å². The number of amides is 1. The average Bonchev–Trinajstić information content (AvgIpc) is 3.44. The molecule has 0 saturated heterocycles. The summed E-state index contributed by atoms with van der Waals surface area (Å²) in [5.41, 5.74) is 4.68. The quantitative estimate of drug-likeness (QED) is 0.321. The number of carbonyl (C=O) groups excluding carboxylic acids is 1. The number of nitrogens with zero attached hydrogens (tertiary/aromatic N) is 2. The molecule has 1 N–H and O–H groups in total. The van der Waals surface area contributed by atoms with Crippen LogP contribution in [-0.2, 0) is 6.54 Å². The molecule has 2 aromatic carbocycles. The van der Waals surface area contributed by atoms with Crippen molar-refractivity contribution >= 4 is 16.8 Å². The minimum absolute atomic E-state index is 0.182. The van der Waals surface area contributed by atoms with Crippen LogP contribution in [0.5, 0.6) is 17.2 Å². The SMILES string of the molecule is COc1ccc2c(Oc3cccc(C(=O)NCc4ccnc(-c5ccoc5)c4)c3C)ccnc2c1. The first kappa shape index (κ1) is 22.2. The van der Waals surface area contributed by atoms with Crippen LogP contribution in [0, 0.1) is 6.92 Å². The molecule has 5 rings (SSSR count). The summed E-state index contributed by atoms with van der Waals surface area (Å²) in [5, 5.41) is 3.85. The third kappa shape index (κ3) is 4.70. The van der Waals surface area contributed by atoms with Crippen LogP contribution in [0.3, 0.4) is 0 Å². The van der Waals surface area contributed by atoms with Crippen LogP contribution in [0.4, 0.5) is 0 Å². The van der Waals surface area contributed by atoms with Crippen molar-refractivity contribution in [2.45, 2.75) is 13.5 Å². The Hall–Kier alpha value is -4.65. The summed E-state index contributed by atoms with van der Waals surface area (Å²) in [6.07, 6.45) is 6.66. The van der Waals surface area contributed by atoms with Gasteiger partial charge in [-0.1, -0.05) is 6.07 Å². The number of fused-ring (bicyclic) bond motifs is 1. The second-order valence-corrected chi connectivity index (χ2v) is 7.97. The maximum absolute atomic E-state index is 13.0. The van der Waals surface area contributed by atoms with Crippen molar-refractivity contribution in [3.8, 4) is 28.5 Å². The van der Waals surface area contributed by atoms with Crippen molar-refractivity contribution in [1.82, 2.24) is 15.3 Å². The second-order valence-electron chi connectivity index (χ2n) is 7.97. The van der Waals surface area contributed by atoms with Crippen LogP contribution in [0.2, 0.25) is 0 Å². The normalized spacial score (nSPS) is 10.8. The van der Waals surface area contributed by atoms with E-state index < -0.39 is 0 Å². The lowest BCUT2D eigenvalue weighted by Crippen LogP contribution is -2.23. The van der Waals surface area contributed by atoms with Crippen LogP contribution in [0.15, 0.2) is 90.0 Å². The van der Waals surface area contributed by atoms with Gasteiger partial charge in [0.05, 0.1) is 30.8 Å². The Bertz CT molecular complexity index is 1500. The number of hydrogen-bond acceptors (Lipinski definition) is 6. The molecule has 0 unspecified atom stereocenters. The van der Waals surface area contributed by atoms with E-state index in [1.807, 2.05) is 61.5 Å². The van der Waals surface area contributed by atoms with Gasteiger partial charge < -0.3 is 19.2 Å². The topological polar surface area (TPSA) is 86.5 Å². The van der Waals surface area contributed by atoms with E-state index in [0.29, 0.717) is 23.6 Å². The molecule has 3 aromatic heterocycles. The summed E-state index contributed by atoms with van der Waals surface area (Å²) in [6, 6.07) is 18.5. The lowest BCUT2D eigenvalue weighted by molar-refractivity contribution is 0.0950. The van der Waals surface area contributed by atoms with Gasteiger partial charge in [0, 0.05) is 47.1 Å². The molecule has 7 heteroatoms. The molecule has 0 aliphatic rings. The maximum Gasteiger partial charge on any atom is 0.251 e. The predicted molar refractivity (Wildman–Crippen MR) is 133 cm³/mol. The van der Waals surface area contributed by atoms with Crippen LogP contribution in [0.25, 0.3) is 22.2 Å². The van der Waals surface area contributed by atoms with E-state index >= 15 is 0 Å². The summed E-state index contributed by atoms with van der Waals surface area (Å²) in [7, 11) is 1.62. The zero-order valence-corrected chi connectivity index (χ0v) is 19.3. The molecule has 0 spiro atoms. The Morgan fingerprint density at radius 3 is 2.71 bits per heavy atom. The summed E-state index contributed by atoms with van der Waals surface area (Å²) in [5.74, 6) is 1.80.